The van der Waals surface area contributed by atoms with Crippen LogP contribution >= 0.6 is 0 Å². The monoisotopic (exact) mass is 759 g/mol. The van der Waals surface area contributed by atoms with E-state index in [0.29, 0.717) is 17.5 Å². The van der Waals surface area contributed by atoms with Crippen molar-refractivity contribution >= 4 is 168 Å². The molecule has 0 radical (unpaired) electrons. The van der Waals surface area contributed by atoms with Crippen molar-refractivity contribution in [2.24, 2.45) is 0 Å². The molecule has 0 N–H and O–H groups in total. The predicted molar refractivity (Wildman–Crippen MR) is 290 cm³/mol. The lowest BCUT2D eigenvalue weighted by molar-refractivity contribution is 0.674. The van der Waals surface area contributed by atoms with Crippen molar-refractivity contribution in [3.63, 3.8) is 0 Å². The molecule has 60 heavy (non-hydrogen) atoms. The summed E-state index contributed by atoms with van der Waals surface area (Å²) in [5.74, 6) is 1.91. The van der Waals surface area contributed by atoms with E-state index in [-0.39, 0.29) is 0 Å². The normalized spacial score (nSPS) is 11.4. The molecule has 0 amide bonds. The zero-order valence-electron chi connectivity index (χ0n) is 36.6. The Bertz CT molecular complexity index is 3170. The molecule has 9 rings (SSSR count). The first-order valence-corrected chi connectivity index (χ1v) is 21.0. The molecule has 9 aromatic rings. The van der Waals surface area contributed by atoms with E-state index >= 15 is 0 Å². The van der Waals surface area contributed by atoms with Gasteiger partial charge in [-0.2, -0.15) is 0 Å². The first kappa shape index (κ1) is 39.5. The van der Waals surface area contributed by atoms with Gasteiger partial charge in [-0.25, -0.2) is 15.0 Å². The van der Waals surface area contributed by atoms with Crippen LogP contribution < -0.4 is 60.1 Å². The Morgan fingerprint density at radius 2 is 0.617 bits per heavy atom. The van der Waals surface area contributed by atoms with E-state index in [1.165, 1.54) is 82.2 Å². The van der Waals surface area contributed by atoms with Gasteiger partial charge in [0.05, 0.1) is 0 Å². The summed E-state index contributed by atoms with van der Waals surface area (Å²) in [5.41, 5.74) is 25.8. The van der Waals surface area contributed by atoms with Gasteiger partial charge >= 0.3 is 0 Å². The lowest BCUT2D eigenvalue weighted by Crippen LogP contribution is -2.56. The van der Waals surface area contributed by atoms with Crippen molar-refractivity contribution in [2.45, 2.75) is 0 Å². The zero-order chi connectivity index (χ0) is 42.1. The second-order valence-corrected chi connectivity index (χ2v) is 16.7. The Morgan fingerprint density at radius 3 is 1.13 bits per heavy atom. The van der Waals surface area contributed by atoms with E-state index in [0.717, 1.165) is 49.9 Å². The molecular formula is C45H40B11N3O. The quantitative estimate of drug-likeness (QED) is 0.159. The second-order valence-electron chi connectivity index (χ2n) is 16.7. The highest BCUT2D eigenvalue weighted by Gasteiger charge is 2.27. The molecule has 0 atom stereocenters. The lowest BCUT2D eigenvalue weighted by atomic mass is 9.58. The highest BCUT2D eigenvalue weighted by atomic mass is 16.3. The predicted octanol–water partition coefficient (Wildman–Crippen LogP) is -7.38. The Balaban J connectivity index is 1.23. The molecule has 0 bridgehead atoms. The van der Waals surface area contributed by atoms with Gasteiger partial charge in [0.2, 0.25) is 0 Å². The fourth-order valence-electron chi connectivity index (χ4n) is 9.31. The zero-order valence-corrected chi connectivity index (χ0v) is 36.6. The van der Waals surface area contributed by atoms with Crippen LogP contribution in [0.5, 0.6) is 0 Å². The summed E-state index contributed by atoms with van der Waals surface area (Å²) in [6.45, 7) is 0. The summed E-state index contributed by atoms with van der Waals surface area (Å²) in [6.07, 6.45) is 0. The van der Waals surface area contributed by atoms with Crippen LogP contribution in [0.1, 0.15) is 0 Å². The smallest absolute Gasteiger partial charge is 0.164 e. The van der Waals surface area contributed by atoms with Crippen LogP contribution in [-0.2, 0) is 0 Å². The summed E-state index contributed by atoms with van der Waals surface area (Å²) in [5, 5.41) is 2.37. The average molecular weight is 758 g/mol. The molecule has 2 aromatic heterocycles. The Kier molecular flexibility index (Phi) is 10.1. The third-order valence-electron chi connectivity index (χ3n) is 13.6. The first-order valence-electron chi connectivity index (χ1n) is 21.0. The van der Waals surface area contributed by atoms with Gasteiger partial charge in [-0.3, -0.25) is 0 Å². The van der Waals surface area contributed by atoms with Crippen molar-refractivity contribution in [1.82, 2.24) is 15.0 Å². The minimum Gasteiger partial charge on any atom is -0.457 e. The van der Waals surface area contributed by atoms with E-state index in [4.69, 9.17) is 19.4 Å². The highest BCUT2D eigenvalue weighted by molar-refractivity contribution is 6.71. The average Bonchev–Trinajstić information content (AvgIpc) is 3.69. The van der Waals surface area contributed by atoms with Crippen molar-refractivity contribution < 1.29 is 4.42 Å². The molecule has 0 spiro atoms. The van der Waals surface area contributed by atoms with Crippen molar-refractivity contribution in [1.29, 1.82) is 0 Å². The fourth-order valence-corrected chi connectivity index (χ4v) is 9.31. The largest absolute Gasteiger partial charge is 0.457 e. The van der Waals surface area contributed by atoms with Gasteiger partial charge in [0.15, 0.2) is 17.5 Å². The fraction of sp³-hybridized carbons (Fsp3) is 0. The topological polar surface area (TPSA) is 51.8 Å². The Hall–Kier alpha value is -5.94. The minimum absolute atomic E-state index is 0.631. The Morgan fingerprint density at radius 1 is 0.267 bits per heavy atom. The molecule has 2 heterocycles. The van der Waals surface area contributed by atoms with Gasteiger partial charge in [-0.15, -0.1) is 16.4 Å². The third kappa shape index (κ3) is 6.36. The standard InChI is InChI=1S/C45H40B11N3O/c46-30-25(27-31(47)36(52)39(55)37(53)32(27)48)26-28-33(49)34(50)29(35(51)42(28)60-41(26)40(56)38(30)54)45-58-43(23-9-5-2-6-10-23)57-44(59-45)24-17-15-22(16-18-24)21-13-11-20(12-14-21)19-7-3-1-4-8-19/h1-18H,46-56H2. The molecule has 0 aliphatic heterocycles. The van der Waals surface area contributed by atoms with Crippen LogP contribution in [-0.4, -0.2) is 101 Å². The van der Waals surface area contributed by atoms with Crippen LogP contribution in [0, 0.1) is 0 Å². The lowest BCUT2D eigenvalue weighted by Gasteiger charge is -2.24. The molecule has 0 saturated carbocycles. The number of fused-ring (bicyclic) bond motifs is 3. The summed E-state index contributed by atoms with van der Waals surface area (Å²) in [7, 11) is 24.7. The van der Waals surface area contributed by atoms with E-state index in [1.807, 2.05) is 24.3 Å². The molecule has 274 valence electrons. The van der Waals surface area contributed by atoms with Crippen LogP contribution in [0.4, 0.5) is 0 Å². The summed E-state index contributed by atoms with van der Waals surface area (Å²) in [4.78, 5) is 15.6. The van der Waals surface area contributed by atoms with E-state index in [2.05, 4.69) is 171 Å². The first-order chi connectivity index (χ1) is 28.8. The molecule has 15 heteroatoms. The van der Waals surface area contributed by atoms with Gasteiger partial charge in [0.1, 0.15) is 97.5 Å². The van der Waals surface area contributed by atoms with E-state index in [1.54, 1.807) is 0 Å². The maximum absolute atomic E-state index is 7.12. The number of rotatable bonds is 6. The molecule has 0 saturated heterocycles. The SMILES string of the molecule is Bc1c(B)c(B)c(-c2c(B)c(B)c(B)c3oc4c(B)c(-c5nc(-c6ccccc6)nc(-c6ccc(-c7ccc(-c8ccccc8)cc7)cc6)n5)c(B)c(B)c4c23)c(B)c1B. The summed E-state index contributed by atoms with van der Waals surface area (Å²) < 4.78 is 7.12. The van der Waals surface area contributed by atoms with Crippen LogP contribution in [0.3, 0.4) is 0 Å². The molecule has 0 aliphatic carbocycles. The second kappa shape index (κ2) is 15.3. The molecule has 7 aromatic carbocycles. The highest BCUT2D eigenvalue weighted by Crippen LogP contribution is 2.33. The maximum Gasteiger partial charge on any atom is 0.164 e. The molecule has 4 nitrogen and oxygen atoms in total. The summed E-state index contributed by atoms with van der Waals surface area (Å²) in [6, 6.07) is 38.0. The van der Waals surface area contributed by atoms with Crippen molar-refractivity contribution in [3.8, 4) is 67.5 Å². The third-order valence-corrected chi connectivity index (χ3v) is 13.6. The molecular weight excluding hydrogens is 717 g/mol. The number of nitrogens with zero attached hydrogens (tertiary/aromatic N) is 3. The minimum atomic E-state index is 0.631. The number of aromatic nitrogens is 3. The Labute approximate surface area is 362 Å². The van der Waals surface area contributed by atoms with Gasteiger partial charge in [-0.05, 0) is 38.8 Å². The van der Waals surface area contributed by atoms with Crippen molar-refractivity contribution in [2.75, 3.05) is 0 Å². The van der Waals surface area contributed by atoms with Crippen LogP contribution in [0.2, 0.25) is 0 Å². The molecule has 0 fully saturated rings. The van der Waals surface area contributed by atoms with Gasteiger partial charge in [-0.1, -0.05) is 147 Å². The number of hydrogen-bond acceptors (Lipinski definition) is 4. The van der Waals surface area contributed by atoms with Gasteiger partial charge < -0.3 is 4.42 Å². The maximum atomic E-state index is 7.12. The van der Waals surface area contributed by atoms with Crippen LogP contribution in [0.15, 0.2) is 114 Å². The van der Waals surface area contributed by atoms with Gasteiger partial charge in [0, 0.05) is 27.5 Å². The number of hydrogen-bond donors (Lipinski definition) is 0. The van der Waals surface area contributed by atoms with Gasteiger partial charge in [0.25, 0.3) is 0 Å². The number of furan rings is 1. The molecule has 0 aliphatic rings. The number of benzene rings is 7. The summed E-state index contributed by atoms with van der Waals surface area (Å²) >= 11 is 0. The van der Waals surface area contributed by atoms with Crippen molar-refractivity contribution in [3.05, 3.63) is 109 Å². The van der Waals surface area contributed by atoms with Crippen LogP contribution in [0.25, 0.3) is 89.5 Å². The van der Waals surface area contributed by atoms with E-state index in [9.17, 15) is 0 Å². The van der Waals surface area contributed by atoms with E-state index < -0.39 is 0 Å². The molecule has 0 unspecified atom stereocenters.